The lowest BCUT2D eigenvalue weighted by Crippen LogP contribution is -2.23. The van der Waals surface area contributed by atoms with Crippen LogP contribution in [0.25, 0.3) is 0 Å². The average molecular weight is 225 g/mol. The van der Waals surface area contributed by atoms with Crippen molar-refractivity contribution < 1.29 is 9.90 Å². The van der Waals surface area contributed by atoms with Crippen LogP contribution in [0.15, 0.2) is 30.3 Å². The first-order chi connectivity index (χ1) is 7.27. The molecule has 15 heavy (non-hydrogen) atoms. The molecule has 0 aliphatic heterocycles. The molecule has 0 bridgehead atoms. The van der Waals surface area contributed by atoms with Gasteiger partial charge in [0.15, 0.2) is 5.75 Å². The van der Waals surface area contributed by atoms with Crippen LogP contribution in [-0.4, -0.2) is 34.8 Å². The largest absolute Gasteiger partial charge is 0.391 e. The van der Waals surface area contributed by atoms with Crippen molar-refractivity contribution in [1.29, 1.82) is 0 Å². The van der Waals surface area contributed by atoms with Gasteiger partial charge in [0.25, 0.3) is 0 Å². The summed E-state index contributed by atoms with van der Waals surface area (Å²) >= 11 is 0. The lowest BCUT2D eigenvalue weighted by Gasteiger charge is -2.04. The first kappa shape index (κ1) is 12.3. The number of carbonyl (C=O) groups excluding carboxylic acids is 1. The van der Waals surface area contributed by atoms with E-state index in [2.05, 4.69) is 6.92 Å². The van der Waals surface area contributed by atoms with Crippen molar-refractivity contribution in [3.63, 3.8) is 0 Å². The molecule has 1 aromatic carbocycles. The van der Waals surface area contributed by atoms with Crippen LogP contribution in [0.5, 0.6) is 0 Å². The van der Waals surface area contributed by atoms with E-state index < -0.39 is 0 Å². The lowest BCUT2D eigenvalue weighted by molar-refractivity contribution is 0.102. The minimum absolute atomic E-state index is 0.0384. The maximum atomic E-state index is 11.8. The second kappa shape index (κ2) is 6.64. The highest BCUT2D eigenvalue weighted by atomic mass is 32.2. The Morgan fingerprint density at radius 2 is 2.00 bits per heavy atom. The zero-order valence-electron chi connectivity index (χ0n) is 8.98. The molecule has 0 saturated carbocycles. The molecule has 82 valence electrons. The zero-order chi connectivity index (χ0) is 11.1. The van der Waals surface area contributed by atoms with Crippen molar-refractivity contribution in [3.8, 4) is 0 Å². The highest BCUT2D eigenvalue weighted by Gasteiger charge is 2.20. The summed E-state index contributed by atoms with van der Waals surface area (Å²) in [6.45, 7) is 2.25. The van der Waals surface area contributed by atoms with Crippen molar-refractivity contribution in [2.24, 2.45) is 0 Å². The highest BCUT2D eigenvalue weighted by molar-refractivity contribution is 7.97. The fourth-order valence-corrected chi connectivity index (χ4v) is 2.77. The molecule has 3 heteroatoms. The summed E-state index contributed by atoms with van der Waals surface area (Å²) < 4.78 is 0. The molecule has 0 heterocycles. The molecule has 1 rings (SSSR count). The second-order valence-corrected chi connectivity index (χ2v) is 5.76. The fourth-order valence-electron chi connectivity index (χ4n) is 1.34. The van der Waals surface area contributed by atoms with E-state index in [0.717, 1.165) is 17.1 Å². The van der Waals surface area contributed by atoms with Crippen LogP contribution >= 0.6 is 0 Å². The standard InChI is InChI=1S/C12H17O2S/c1-2-15(9-8-13)10-12(14)11-6-4-3-5-7-11/h3-7,13H,2,8-10H2,1H3/q+1. The molecule has 0 aliphatic rings. The molecule has 0 spiro atoms. The Bertz CT molecular complexity index is 298. The van der Waals surface area contributed by atoms with Crippen LogP contribution in [-0.2, 0) is 10.9 Å². The molecule has 0 aromatic heterocycles. The molecule has 0 amide bonds. The quantitative estimate of drug-likeness (QED) is 0.588. The summed E-state index contributed by atoms with van der Waals surface area (Å²) in [4.78, 5) is 11.8. The van der Waals surface area contributed by atoms with Crippen LogP contribution < -0.4 is 0 Å². The number of Topliss-reactive ketones (excluding diaryl/α,β-unsaturated/α-hetero) is 1. The lowest BCUT2D eigenvalue weighted by atomic mass is 10.2. The third-order valence-electron chi connectivity index (χ3n) is 2.22. The first-order valence-corrected chi connectivity index (χ1v) is 6.84. The third kappa shape index (κ3) is 4.06. The molecule has 1 atom stereocenters. The predicted octanol–water partition coefficient (Wildman–Crippen LogP) is 1.50. The van der Waals surface area contributed by atoms with E-state index in [1.165, 1.54) is 0 Å². The molecule has 0 aliphatic carbocycles. The summed E-state index contributed by atoms with van der Waals surface area (Å²) in [7, 11) is 0.0384. The SMILES string of the molecule is CC[S+](CCO)CC(=O)c1ccccc1. The van der Waals surface area contributed by atoms with Crippen LogP contribution in [0, 0.1) is 0 Å². The Morgan fingerprint density at radius 1 is 1.33 bits per heavy atom. The van der Waals surface area contributed by atoms with E-state index >= 15 is 0 Å². The molecular weight excluding hydrogens is 208 g/mol. The summed E-state index contributed by atoms with van der Waals surface area (Å²) in [5.41, 5.74) is 0.779. The summed E-state index contributed by atoms with van der Waals surface area (Å²) in [5, 5.41) is 8.85. The fraction of sp³-hybridized carbons (Fsp3) is 0.417. The van der Waals surface area contributed by atoms with Gasteiger partial charge in [-0.2, -0.15) is 0 Å². The molecule has 2 nitrogen and oxygen atoms in total. The van der Waals surface area contributed by atoms with E-state index in [1.54, 1.807) is 0 Å². The van der Waals surface area contributed by atoms with Crippen LogP contribution in [0.2, 0.25) is 0 Å². The molecule has 1 unspecified atom stereocenters. The van der Waals surface area contributed by atoms with Gasteiger partial charge in [-0.1, -0.05) is 30.3 Å². The number of hydrogen-bond acceptors (Lipinski definition) is 2. The predicted molar refractivity (Wildman–Crippen MR) is 65.5 cm³/mol. The van der Waals surface area contributed by atoms with Gasteiger partial charge in [0.1, 0.15) is 11.5 Å². The normalized spacial score (nSPS) is 12.4. The topological polar surface area (TPSA) is 37.3 Å². The second-order valence-electron chi connectivity index (χ2n) is 3.26. The Hall–Kier alpha value is -0.800. The molecule has 0 saturated heterocycles. The van der Waals surface area contributed by atoms with E-state index in [1.807, 2.05) is 30.3 Å². The Labute approximate surface area is 93.7 Å². The third-order valence-corrected chi connectivity index (χ3v) is 4.47. The summed E-state index contributed by atoms with van der Waals surface area (Å²) in [6, 6.07) is 9.35. The molecular formula is C12H17O2S+. The summed E-state index contributed by atoms with van der Waals surface area (Å²) in [6.07, 6.45) is 0. The number of benzene rings is 1. The minimum Gasteiger partial charge on any atom is -0.391 e. The van der Waals surface area contributed by atoms with Crippen LogP contribution in [0.1, 0.15) is 17.3 Å². The molecule has 0 radical (unpaired) electrons. The Balaban J connectivity index is 2.55. The van der Waals surface area contributed by atoms with Crippen molar-refractivity contribution in [2.75, 3.05) is 23.9 Å². The van der Waals surface area contributed by atoms with Gasteiger partial charge < -0.3 is 5.11 Å². The van der Waals surface area contributed by atoms with Crippen molar-refractivity contribution in [2.45, 2.75) is 6.92 Å². The molecule has 1 N–H and O–H groups in total. The summed E-state index contributed by atoms with van der Waals surface area (Å²) in [5.74, 6) is 2.48. The number of rotatable bonds is 6. The van der Waals surface area contributed by atoms with Gasteiger partial charge in [0.2, 0.25) is 5.78 Å². The first-order valence-electron chi connectivity index (χ1n) is 5.11. The van der Waals surface area contributed by atoms with Crippen LogP contribution in [0.4, 0.5) is 0 Å². The van der Waals surface area contributed by atoms with Gasteiger partial charge in [-0.05, 0) is 17.8 Å². The van der Waals surface area contributed by atoms with E-state index in [0.29, 0.717) is 5.75 Å². The van der Waals surface area contributed by atoms with E-state index in [4.69, 9.17) is 5.11 Å². The maximum Gasteiger partial charge on any atom is 0.211 e. The van der Waals surface area contributed by atoms with Crippen molar-refractivity contribution >= 4 is 16.7 Å². The van der Waals surface area contributed by atoms with Crippen molar-refractivity contribution in [3.05, 3.63) is 35.9 Å². The van der Waals surface area contributed by atoms with Gasteiger partial charge in [0.05, 0.1) is 6.61 Å². The number of hydrogen-bond donors (Lipinski definition) is 1. The average Bonchev–Trinajstić information content (AvgIpc) is 2.29. The molecule has 1 aromatic rings. The van der Waals surface area contributed by atoms with Gasteiger partial charge in [-0.15, -0.1) is 0 Å². The van der Waals surface area contributed by atoms with Gasteiger partial charge in [-0.25, -0.2) is 0 Å². The number of aliphatic hydroxyl groups excluding tert-OH is 1. The minimum atomic E-state index is 0.0384. The Kier molecular flexibility index (Phi) is 5.43. The number of aliphatic hydroxyl groups is 1. The Morgan fingerprint density at radius 3 is 2.53 bits per heavy atom. The highest BCUT2D eigenvalue weighted by Crippen LogP contribution is 2.05. The molecule has 0 fully saturated rings. The van der Waals surface area contributed by atoms with Gasteiger partial charge >= 0.3 is 0 Å². The monoisotopic (exact) mass is 225 g/mol. The van der Waals surface area contributed by atoms with E-state index in [9.17, 15) is 4.79 Å². The van der Waals surface area contributed by atoms with Gasteiger partial charge in [-0.3, -0.25) is 4.79 Å². The zero-order valence-corrected chi connectivity index (χ0v) is 9.80. The number of carbonyl (C=O) groups is 1. The van der Waals surface area contributed by atoms with Crippen molar-refractivity contribution in [1.82, 2.24) is 0 Å². The maximum absolute atomic E-state index is 11.8. The van der Waals surface area contributed by atoms with E-state index in [-0.39, 0.29) is 23.3 Å². The van der Waals surface area contributed by atoms with Crippen LogP contribution in [0.3, 0.4) is 0 Å². The smallest absolute Gasteiger partial charge is 0.211 e. The number of ketones is 1. The van der Waals surface area contributed by atoms with Gasteiger partial charge in [0, 0.05) is 5.56 Å².